The Morgan fingerprint density at radius 2 is 2.06 bits per heavy atom. The molecule has 3 aromatic heterocycles. The Hall–Kier alpha value is -3.21. The smallest absolute Gasteiger partial charge is 0.408 e. The van der Waals surface area contributed by atoms with Crippen LogP contribution in [0, 0.1) is 12.8 Å². The molecule has 0 saturated heterocycles. The Balaban J connectivity index is 1.67. The number of alkyl halides is 3. The van der Waals surface area contributed by atoms with Gasteiger partial charge >= 0.3 is 6.18 Å². The molecule has 8 nitrogen and oxygen atoms in total. The molecule has 1 aliphatic rings. The van der Waals surface area contributed by atoms with Gasteiger partial charge in [-0.1, -0.05) is 6.07 Å². The highest BCUT2D eigenvalue weighted by atomic mass is 19.4. The summed E-state index contributed by atoms with van der Waals surface area (Å²) in [7, 11) is 1.49. The second kappa shape index (κ2) is 8.14. The number of nitrogens with zero attached hydrogens (tertiary/aromatic N) is 4. The first-order valence-electron chi connectivity index (χ1n) is 9.60. The molecule has 1 aliphatic carbocycles. The van der Waals surface area contributed by atoms with Crippen LogP contribution in [0.3, 0.4) is 0 Å². The molecule has 3 aromatic rings. The quantitative estimate of drug-likeness (QED) is 0.574. The van der Waals surface area contributed by atoms with E-state index in [0.29, 0.717) is 35.8 Å². The van der Waals surface area contributed by atoms with Crippen LogP contribution < -0.4 is 10.1 Å². The standard InChI is InChI=1S/C20H20F3N5O3/c1-11-8-15(14-4-3-5-16(25-14)31-10-30-2)26-18-13(9-24-28(11)18)19(29)27-17(12-6-7-12)20(21,22)23/h3-5,8-9,12,17H,6-7,10H2,1-2H3,(H,27,29). The summed E-state index contributed by atoms with van der Waals surface area (Å²) in [6, 6.07) is 4.92. The molecule has 0 aliphatic heterocycles. The number of aryl methyl sites for hydroxylation is 1. The first-order valence-corrected chi connectivity index (χ1v) is 9.60. The molecule has 31 heavy (non-hydrogen) atoms. The lowest BCUT2D eigenvalue weighted by molar-refractivity contribution is -0.158. The molecule has 0 bridgehead atoms. The van der Waals surface area contributed by atoms with Crippen molar-refractivity contribution >= 4 is 11.6 Å². The number of pyridine rings is 1. The number of hydrogen-bond acceptors (Lipinski definition) is 6. The summed E-state index contributed by atoms with van der Waals surface area (Å²) in [5, 5.41) is 6.23. The van der Waals surface area contributed by atoms with Gasteiger partial charge in [0.2, 0.25) is 5.88 Å². The minimum absolute atomic E-state index is 0.0241. The van der Waals surface area contributed by atoms with Crippen molar-refractivity contribution in [1.29, 1.82) is 0 Å². The molecule has 1 unspecified atom stereocenters. The summed E-state index contributed by atoms with van der Waals surface area (Å²) in [5.41, 5.74) is 1.65. The van der Waals surface area contributed by atoms with E-state index in [0.717, 1.165) is 0 Å². The molecule has 3 heterocycles. The van der Waals surface area contributed by atoms with Crippen molar-refractivity contribution < 1.29 is 27.4 Å². The number of aromatic nitrogens is 4. The number of carbonyl (C=O) groups is 1. The molecule has 164 valence electrons. The second-order valence-electron chi connectivity index (χ2n) is 7.32. The van der Waals surface area contributed by atoms with Gasteiger partial charge in [0.1, 0.15) is 11.6 Å². The number of hydrogen-bond donors (Lipinski definition) is 1. The molecule has 4 rings (SSSR count). The van der Waals surface area contributed by atoms with Gasteiger partial charge in [-0.25, -0.2) is 14.5 Å². The third kappa shape index (κ3) is 4.46. The van der Waals surface area contributed by atoms with Gasteiger partial charge in [-0.2, -0.15) is 18.3 Å². The third-order valence-corrected chi connectivity index (χ3v) is 4.94. The normalized spacial score (nSPS) is 15.1. The van der Waals surface area contributed by atoms with E-state index in [2.05, 4.69) is 20.4 Å². The fourth-order valence-corrected chi connectivity index (χ4v) is 3.28. The SMILES string of the molecule is COCOc1cccc(-c2cc(C)n3ncc(C(=O)NC(C4CC4)C(F)(F)F)c3n2)n1. The number of halogens is 3. The summed E-state index contributed by atoms with van der Waals surface area (Å²) >= 11 is 0. The fourth-order valence-electron chi connectivity index (χ4n) is 3.28. The topological polar surface area (TPSA) is 90.6 Å². The van der Waals surface area contributed by atoms with Crippen LogP contribution in [0.25, 0.3) is 17.0 Å². The minimum Gasteiger partial charge on any atom is -0.451 e. The fraction of sp³-hybridized carbons (Fsp3) is 0.400. The monoisotopic (exact) mass is 435 g/mol. The van der Waals surface area contributed by atoms with Crippen LogP contribution in [0.4, 0.5) is 13.2 Å². The van der Waals surface area contributed by atoms with E-state index in [9.17, 15) is 18.0 Å². The lowest BCUT2D eigenvalue weighted by Gasteiger charge is -2.20. The van der Waals surface area contributed by atoms with Crippen molar-refractivity contribution in [3.05, 3.63) is 41.7 Å². The Labute approximate surface area is 175 Å². The van der Waals surface area contributed by atoms with Crippen LogP contribution in [0.15, 0.2) is 30.5 Å². The minimum atomic E-state index is -4.51. The van der Waals surface area contributed by atoms with E-state index in [1.54, 1.807) is 31.2 Å². The molecular formula is C20H20F3N5O3. The number of ether oxygens (including phenoxy) is 2. The van der Waals surface area contributed by atoms with Crippen molar-refractivity contribution in [3.63, 3.8) is 0 Å². The molecule has 0 aromatic carbocycles. The third-order valence-electron chi connectivity index (χ3n) is 4.94. The van der Waals surface area contributed by atoms with Gasteiger partial charge in [0, 0.05) is 18.9 Å². The Bertz CT molecular complexity index is 1110. The molecule has 11 heteroatoms. The van der Waals surface area contributed by atoms with E-state index in [1.807, 2.05) is 0 Å². The second-order valence-corrected chi connectivity index (χ2v) is 7.32. The molecular weight excluding hydrogens is 415 g/mol. The summed E-state index contributed by atoms with van der Waals surface area (Å²) in [5.74, 6) is -1.13. The van der Waals surface area contributed by atoms with Crippen LogP contribution in [0.5, 0.6) is 5.88 Å². The van der Waals surface area contributed by atoms with E-state index < -0.39 is 24.0 Å². The van der Waals surface area contributed by atoms with Gasteiger partial charge in [0.05, 0.1) is 17.6 Å². The highest BCUT2D eigenvalue weighted by Crippen LogP contribution is 2.40. The maximum absolute atomic E-state index is 13.3. The van der Waals surface area contributed by atoms with E-state index >= 15 is 0 Å². The van der Waals surface area contributed by atoms with Crippen LogP contribution in [-0.4, -0.2) is 51.6 Å². The van der Waals surface area contributed by atoms with Crippen LogP contribution in [0.1, 0.15) is 28.9 Å². The van der Waals surface area contributed by atoms with Crippen molar-refractivity contribution in [1.82, 2.24) is 24.9 Å². The van der Waals surface area contributed by atoms with Crippen molar-refractivity contribution in [2.24, 2.45) is 5.92 Å². The van der Waals surface area contributed by atoms with E-state index in [-0.39, 0.29) is 18.0 Å². The van der Waals surface area contributed by atoms with Crippen LogP contribution in [-0.2, 0) is 4.74 Å². The molecule has 1 fully saturated rings. The number of fused-ring (bicyclic) bond motifs is 1. The summed E-state index contributed by atoms with van der Waals surface area (Å²) in [4.78, 5) is 21.5. The predicted molar refractivity (Wildman–Crippen MR) is 103 cm³/mol. The number of rotatable bonds is 7. The highest BCUT2D eigenvalue weighted by molar-refractivity contribution is 6.00. The van der Waals surface area contributed by atoms with Crippen molar-refractivity contribution in [3.8, 4) is 17.3 Å². The Kier molecular flexibility index (Phi) is 5.52. The van der Waals surface area contributed by atoms with Crippen molar-refractivity contribution in [2.45, 2.75) is 32.0 Å². The zero-order chi connectivity index (χ0) is 22.2. The first kappa shape index (κ1) is 21.0. The summed E-state index contributed by atoms with van der Waals surface area (Å²) < 4.78 is 51.6. The largest absolute Gasteiger partial charge is 0.451 e. The number of methoxy groups -OCH3 is 1. The van der Waals surface area contributed by atoms with Gasteiger partial charge in [0.25, 0.3) is 5.91 Å². The van der Waals surface area contributed by atoms with E-state index in [4.69, 9.17) is 9.47 Å². The van der Waals surface area contributed by atoms with E-state index in [1.165, 1.54) is 17.8 Å². The average Bonchev–Trinajstić information content (AvgIpc) is 3.47. The molecule has 1 atom stereocenters. The molecule has 0 spiro atoms. The maximum Gasteiger partial charge on any atom is 0.408 e. The lowest BCUT2D eigenvalue weighted by Crippen LogP contribution is -2.46. The van der Waals surface area contributed by atoms with Gasteiger partial charge in [-0.15, -0.1) is 0 Å². The zero-order valence-corrected chi connectivity index (χ0v) is 16.8. The predicted octanol–water partition coefficient (Wildman–Crippen LogP) is 3.15. The molecule has 1 amide bonds. The van der Waals surface area contributed by atoms with Gasteiger partial charge < -0.3 is 14.8 Å². The van der Waals surface area contributed by atoms with Gasteiger partial charge in [-0.3, -0.25) is 4.79 Å². The highest BCUT2D eigenvalue weighted by Gasteiger charge is 2.49. The number of carbonyl (C=O) groups excluding carboxylic acids is 1. The van der Waals surface area contributed by atoms with Gasteiger partial charge in [-0.05, 0) is 37.8 Å². The molecule has 1 N–H and O–H groups in total. The Morgan fingerprint density at radius 1 is 1.29 bits per heavy atom. The van der Waals surface area contributed by atoms with Gasteiger partial charge in [0.15, 0.2) is 12.4 Å². The summed E-state index contributed by atoms with van der Waals surface area (Å²) in [6.45, 7) is 1.77. The molecule has 1 saturated carbocycles. The number of amides is 1. The zero-order valence-electron chi connectivity index (χ0n) is 16.8. The number of nitrogens with one attached hydrogen (secondary N) is 1. The first-order chi connectivity index (χ1) is 14.8. The Morgan fingerprint density at radius 3 is 2.74 bits per heavy atom. The molecule has 0 radical (unpaired) electrons. The average molecular weight is 435 g/mol. The van der Waals surface area contributed by atoms with Crippen LogP contribution in [0.2, 0.25) is 0 Å². The van der Waals surface area contributed by atoms with Crippen molar-refractivity contribution in [2.75, 3.05) is 13.9 Å². The lowest BCUT2D eigenvalue weighted by atomic mass is 10.1. The summed E-state index contributed by atoms with van der Waals surface area (Å²) in [6.07, 6.45) is -2.41. The maximum atomic E-state index is 13.3. The van der Waals surface area contributed by atoms with Crippen LogP contribution >= 0.6 is 0 Å².